The Kier molecular flexibility index (Phi) is 66.9. The number of ether oxygens (including phenoxy) is 1. The third-order valence-electron chi connectivity index (χ3n) is 17.1. The summed E-state index contributed by atoms with van der Waals surface area (Å²) in [4.78, 5) is 24.6. The van der Waals surface area contributed by atoms with Gasteiger partial charge < -0.3 is 20.3 Å². The predicted octanol–water partition coefficient (Wildman–Crippen LogP) is 23.1. The van der Waals surface area contributed by atoms with Crippen LogP contribution < -0.4 is 5.32 Å². The highest BCUT2D eigenvalue weighted by Crippen LogP contribution is 2.19. The maximum Gasteiger partial charge on any atom is 0.305 e. The van der Waals surface area contributed by atoms with Gasteiger partial charge in [0, 0.05) is 12.8 Å². The summed E-state index contributed by atoms with van der Waals surface area (Å²) in [5.74, 6) is -0.0397. The lowest BCUT2D eigenvalue weighted by atomic mass is 10.0. The van der Waals surface area contributed by atoms with Gasteiger partial charge in [-0.1, -0.05) is 379 Å². The highest BCUT2D eigenvalue weighted by molar-refractivity contribution is 5.76. The third-order valence-corrected chi connectivity index (χ3v) is 17.1. The molecule has 1 amide bonds. The number of nitrogens with one attached hydrogen (secondary N) is 1. The molecule has 0 aromatic heterocycles. The Morgan fingerprint density at radius 2 is 0.590 bits per heavy atom. The molecule has 3 N–H and O–H groups in total. The molecule has 6 nitrogen and oxygen atoms in total. The fraction of sp³-hybridized carbons (Fsp3) is 0.944. The average molecular weight is 1100 g/mol. The molecule has 0 aliphatic rings. The van der Waals surface area contributed by atoms with E-state index in [1.54, 1.807) is 6.08 Å². The Hall–Kier alpha value is -1.40. The van der Waals surface area contributed by atoms with Gasteiger partial charge in [-0.15, -0.1) is 0 Å². The molecule has 6 heteroatoms. The first-order valence-corrected chi connectivity index (χ1v) is 36.0. The molecule has 0 aliphatic carbocycles. The van der Waals surface area contributed by atoms with E-state index in [1.807, 2.05) is 6.08 Å². The molecule has 0 saturated carbocycles. The molecule has 0 bridgehead atoms. The van der Waals surface area contributed by atoms with Gasteiger partial charge in [-0.3, -0.25) is 9.59 Å². The number of carbonyl (C=O) groups excluding carboxylic acids is 2. The second kappa shape index (κ2) is 68.1. The smallest absolute Gasteiger partial charge is 0.305 e. The lowest BCUT2D eigenvalue weighted by molar-refractivity contribution is -0.143. The first-order chi connectivity index (χ1) is 38.5. The van der Waals surface area contributed by atoms with Gasteiger partial charge in [0.1, 0.15) is 0 Å². The fourth-order valence-electron chi connectivity index (χ4n) is 11.6. The van der Waals surface area contributed by atoms with E-state index in [9.17, 15) is 19.8 Å². The van der Waals surface area contributed by atoms with Crippen LogP contribution in [0.4, 0.5) is 0 Å². The largest absolute Gasteiger partial charge is 0.466 e. The van der Waals surface area contributed by atoms with E-state index in [1.165, 1.54) is 347 Å². The summed E-state index contributed by atoms with van der Waals surface area (Å²) < 4.78 is 5.51. The van der Waals surface area contributed by atoms with Gasteiger partial charge in [-0.25, -0.2) is 0 Å². The van der Waals surface area contributed by atoms with E-state index in [0.717, 1.165) is 38.5 Å². The summed E-state index contributed by atoms with van der Waals surface area (Å²) in [7, 11) is 0. The van der Waals surface area contributed by atoms with E-state index >= 15 is 0 Å². The summed E-state index contributed by atoms with van der Waals surface area (Å²) in [6.45, 7) is 4.95. The van der Waals surface area contributed by atoms with Crippen LogP contribution in [0.5, 0.6) is 0 Å². The van der Waals surface area contributed by atoms with Gasteiger partial charge in [0.25, 0.3) is 0 Å². The topological polar surface area (TPSA) is 95.9 Å². The van der Waals surface area contributed by atoms with Crippen molar-refractivity contribution in [2.45, 2.75) is 424 Å². The molecule has 0 spiro atoms. The first kappa shape index (κ1) is 76.6. The number of aliphatic hydroxyl groups is 2. The van der Waals surface area contributed by atoms with Crippen molar-refractivity contribution in [2.75, 3.05) is 13.2 Å². The van der Waals surface area contributed by atoms with Crippen LogP contribution in [0.3, 0.4) is 0 Å². The third kappa shape index (κ3) is 63.8. The van der Waals surface area contributed by atoms with Crippen LogP contribution in [0.2, 0.25) is 0 Å². The summed E-state index contributed by atoms with van der Waals surface area (Å²) in [6, 6.07) is -0.626. The fourth-order valence-corrected chi connectivity index (χ4v) is 11.6. The minimum absolute atomic E-state index is 0.0219. The van der Waals surface area contributed by atoms with Crippen LogP contribution in [-0.2, 0) is 14.3 Å². The van der Waals surface area contributed by atoms with Crippen molar-refractivity contribution in [3.05, 3.63) is 12.2 Å². The lowest BCUT2D eigenvalue weighted by Gasteiger charge is -2.20. The Balaban J connectivity index is 3.35. The molecule has 0 fully saturated rings. The van der Waals surface area contributed by atoms with Gasteiger partial charge in [-0.2, -0.15) is 0 Å². The molecule has 0 saturated heterocycles. The number of rotatable bonds is 68. The Morgan fingerprint density at radius 1 is 0.346 bits per heavy atom. The first-order valence-electron chi connectivity index (χ1n) is 36.0. The zero-order valence-corrected chi connectivity index (χ0v) is 53.2. The molecule has 464 valence electrons. The minimum Gasteiger partial charge on any atom is -0.466 e. The molecule has 0 heterocycles. The van der Waals surface area contributed by atoms with Crippen LogP contribution in [0, 0.1) is 0 Å². The zero-order valence-electron chi connectivity index (χ0n) is 53.2. The molecule has 0 aliphatic heterocycles. The number of unbranched alkanes of at least 4 members (excludes halogenated alkanes) is 57. The van der Waals surface area contributed by atoms with Crippen molar-refractivity contribution in [1.82, 2.24) is 5.32 Å². The van der Waals surface area contributed by atoms with Gasteiger partial charge in [0.05, 0.1) is 25.4 Å². The Labute approximate surface area is 489 Å². The Bertz CT molecular complexity index is 1180. The van der Waals surface area contributed by atoms with Crippen LogP contribution in [0.15, 0.2) is 12.2 Å². The lowest BCUT2D eigenvalue weighted by Crippen LogP contribution is -2.45. The number of carbonyl (C=O) groups is 2. The van der Waals surface area contributed by atoms with Gasteiger partial charge in [-0.05, 0) is 32.1 Å². The Morgan fingerprint density at radius 3 is 0.872 bits per heavy atom. The van der Waals surface area contributed by atoms with E-state index in [0.29, 0.717) is 19.4 Å². The molecule has 78 heavy (non-hydrogen) atoms. The number of hydrogen-bond donors (Lipinski definition) is 3. The minimum atomic E-state index is -0.843. The standard InChI is InChI=1S/C72H141NO5/c1-3-5-7-9-11-13-15-17-19-21-33-36-40-44-48-52-56-60-64-70(75)69(68-74)73-71(76)65-61-57-53-49-45-41-37-34-30-28-26-24-22-23-25-27-29-31-35-39-43-47-51-55-59-63-67-78-72(77)66-62-58-54-50-46-42-38-32-20-18-16-14-12-10-8-6-4-2/h60,64,69-70,74-75H,3-59,61-63,65-68H2,1-2H3,(H,73,76)/b64-60+. The van der Waals surface area contributed by atoms with Gasteiger partial charge in [0.15, 0.2) is 0 Å². The molecule has 2 atom stereocenters. The monoisotopic (exact) mass is 1100 g/mol. The van der Waals surface area contributed by atoms with Gasteiger partial charge in [0.2, 0.25) is 5.91 Å². The summed E-state index contributed by atoms with van der Waals surface area (Å²) in [5.41, 5.74) is 0. The number of aliphatic hydroxyl groups excluding tert-OH is 2. The van der Waals surface area contributed by atoms with Crippen molar-refractivity contribution < 1.29 is 24.5 Å². The number of hydrogen-bond acceptors (Lipinski definition) is 5. The highest BCUT2D eigenvalue weighted by atomic mass is 16.5. The second-order valence-electron chi connectivity index (χ2n) is 24.9. The molecule has 0 aromatic rings. The molecule has 0 rings (SSSR count). The quantitative estimate of drug-likeness (QED) is 0.0320. The molecule has 0 aromatic carbocycles. The van der Waals surface area contributed by atoms with Crippen LogP contribution >= 0.6 is 0 Å². The molecule has 2 unspecified atom stereocenters. The van der Waals surface area contributed by atoms with Crippen LogP contribution in [-0.4, -0.2) is 47.4 Å². The summed E-state index contributed by atoms with van der Waals surface area (Å²) in [6.07, 6.45) is 84.4. The van der Waals surface area contributed by atoms with Gasteiger partial charge >= 0.3 is 5.97 Å². The maximum atomic E-state index is 12.5. The van der Waals surface area contributed by atoms with Crippen molar-refractivity contribution in [3.8, 4) is 0 Å². The summed E-state index contributed by atoms with van der Waals surface area (Å²) >= 11 is 0. The van der Waals surface area contributed by atoms with Crippen LogP contribution in [0.1, 0.15) is 412 Å². The van der Waals surface area contributed by atoms with E-state index in [2.05, 4.69) is 19.2 Å². The number of esters is 1. The van der Waals surface area contributed by atoms with Crippen molar-refractivity contribution >= 4 is 11.9 Å². The maximum absolute atomic E-state index is 12.5. The van der Waals surface area contributed by atoms with E-state index in [4.69, 9.17) is 4.74 Å². The second-order valence-corrected chi connectivity index (χ2v) is 24.9. The molecular formula is C72H141NO5. The predicted molar refractivity (Wildman–Crippen MR) is 343 cm³/mol. The zero-order chi connectivity index (χ0) is 56.4. The van der Waals surface area contributed by atoms with Crippen molar-refractivity contribution in [2.24, 2.45) is 0 Å². The van der Waals surface area contributed by atoms with E-state index < -0.39 is 12.1 Å². The normalized spacial score (nSPS) is 12.5. The van der Waals surface area contributed by atoms with Crippen molar-refractivity contribution in [3.63, 3.8) is 0 Å². The number of amides is 1. The highest BCUT2D eigenvalue weighted by Gasteiger charge is 2.18. The number of allylic oxidation sites excluding steroid dienone is 1. The molecule has 0 radical (unpaired) electrons. The van der Waals surface area contributed by atoms with Crippen LogP contribution in [0.25, 0.3) is 0 Å². The summed E-state index contributed by atoms with van der Waals surface area (Å²) in [5, 5.41) is 23.2. The average Bonchev–Trinajstić information content (AvgIpc) is 3.44. The van der Waals surface area contributed by atoms with Crippen molar-refractivity contribution in [1.29, 1.82) is 0 Å². The SMILES string of the molecule is CCCCCCCCCCCCCCCCCC/C=C/C(O)C(CO)NC(=O)CCCCCCCCCCCCCCCCCCCCCCCCCCCCOC(=O)CCCCCCCCCCCCCCCCCCC. The van der Waals surface area contributed by atoms with E-state index in [-0.39, 0.29) is 18.5 Å². The molecular weight excluding hydrogens is 959 g/mol.